The topological polar surface area (TPSA) is 94.3 Å². The predicted molar refractivity (Wildman–Crippen MR) is 92.9 cm³/mol. The molecule has 0 saturated carbocycles. The Morgan fingerprint density at radius 2 is 1.89 bits per heavy atom. The molecule has 11 heteroatoms. The molecule has 2 rings (SSSR count). The normalized spacial score (nSPS) is 12.4. The van der Waals surface area contributed by atoms with E-state index in [0.29, 0.717) is 6.07 Å². The van der Waals surface area contributed by atoms with Crippen LogP contribution in [0.2, 0.25) is 5.02 Å². The van der Waals surface area contributed by atoms with Crippen molar-refractivity contribution in [1.29, 1.82) is 0 Å². The third kappa shape index (κ3) is 4.39. The number of halogens is 5. The lowest BCUT2D eigenvalue weighted by Crippen LogP contribution is -2.33. The number of benzene rings is 1. The van der Waals surface area contributed by atoms with Crippen LogP contribution in [0.4, 0.5) is 23.2 Å². The van der Waals surface area contributed by atoms with E-state index in [1.54, 1.807) is 0 Å². The summed E-state index contributed by atoms with van der Waals surface area (Å²) in [5, 5.41) is 1.20. The first-order valence-electron chi connectivity index (χ1n) is 7.68. The minimum atomic E-state index is -4.89. The summed E-state index contributed by atoms with van der Waals surface area (Å²) in [4.78, 5) is 28.3. The highest BCUT2D eigenvalue weighted by Crippen LogP contribution is 2.40. The Hall–Kier alpha value is -2.72. The van der Waals surface area contributed by atoms with Crippen LogP contribution in [0, 0.1) is 5.82 Å². The Morgan fingerprint density at radius 3 is 2.43 bits per heavy atom. The van der Waals surface area contributed by atoms with Crippen molar-refractivity contribution in [2.75, 3.05) is 12.4 Å². The zero-order valence-corrected chi connectivity index (χ0v) is 15.3. The number of carbonyl (C=O) groups is 2. The van der Waals surface area contributed by atoms with Gasteiger partial charge in [-0.2, -0.15) is 13.2 Å². The Balaban J connectivity index is 2.71. The van der Waals surface area contributed by atoms with Crippen LogP contribution in [0.15, 0.2) is 24.3 Å². The number of hydrogen-bond donors (Lipinski definition) is 2. The highest BCUT2D eigenvalue weighted by Gasteiger charge is 2.37. The molecule has 150 valence electrons. The molecule has 0 aliphatic heterocycles. The molecule has 1 aromatic heterocycles. The molecule has 6 nitrogen and oxygen atoms in total. The van der Waals surface area contributed by atoms with Gasteiger partial charge >= 0.3 is 6.18 Å². The summed E-state index contributed by atoms with van der Waals surface area (Å²) >= 11 is 5.83. The van der Waals surface area contributed by atoms with E-state index < -0.39 is 51.6 Å². The number of amides is 1. The van der Waals surface area contributed by atoms with Crippen molar-refractivity contribution in [2.45, 2.75) is 19.1 Å². The number of methoxy groups -OCH3 is 1. The maximum atomic E-state index is 14.1. The van der Waals surface area contributed by atoms with Gasteiger partial charge in [-0.25, -0.2) is 9.37 Å². The molecular weight excluding hydrogens is 406 g/mol. The zero-order valence-electron chi connectivity index (χ0n) is 14.5. The molecule has 0 aliphatic rings. The molecule has 0 fully saturated rings. The smallest absolute Gasteiger partial charge is 0.417 e. The van der Waals surface area contributed by atoms with Gasteiger partial charge in [-0.05, 0) is 25.1 Å². The second-order valence-corrected chi connectivity index (χ2v) is 6.02. The number of carbonyl (C=O) groups excluding carboxylic acids is 2. The number of rotatable bonds is 5. The second-order valence-electron chi connectivity index (χ2n) is 5.64. The molecule has 0 radical (unpaired) electrons. The molecule has 0 saturated heterocycles. The van der Waals surface area contributed by atoms with Crippen LogP contribution in [0.3, 0.4) is 0 Å². The molecule has 0 unspecified atom stereocenters. The summed E-state index contributed by atoms with van der Waals surface area (Å²) in [6, 6.07) is 2.38. The number of nitrogens with one attached hydrogen (secondary N) is 1. The van der Waals surface area contributed by atoms with Crippen LogP contribution < -0.4 is 15.8 Å². The van der Waals surface area contributed by atoms with Crippen LogP contribution in [-0.2, 0) is 11.0 Å². The van der Waals surface area contributed by atoms with E-state index in [0.717, 1.165) is 18.2 Å². The summed E-state index contributed by atoms with van der Waals surface area (Å²) < 4.78 is 58.5. The van der Waals surface area contributed by atoms with Crippen LogP contribution in [0.1, 0.15) is 28.5 Å². The molecule has 1 amide bonds. The number of anilines is 1. The average Bonchev–Trinajstić information content (AvgIpc) is 2.60. The minimum Gasteiger partial charge on any atom is -0.481 e. The van der Waals surface area contributed by atoms with Gasteiger partial charge in [0.15, 0.2) is 11.5 Å². The molecular formula is C17H14ClF4N3O3. The maximum Gasteiger partial charge on any atom is 0.417 e. The van der Waals surface area contributed by atoms with Gasteiger partial charge in [-0.15, -0.1) is 0 Å². The van der Waals surface area contributed by atoms with E-state index in [1.165, 1.54) is 14.0 Å². The van der Waals surface area contributed by atoms with Crippen molar-refractivity contribution in [3.63, 3.8) is 0 Å². The van der Waals surface area contributed by atoms with E-state index in [1.807, 2.05) is 0 Å². The number of alkyl halides is 3. The molecule has 2 aromatic rings. The molecule has 28 heavy (non-hydrogen) atoms. The van der Waals surface area contributed by atoms with Crippen molar-refractivity contribution < 1.29 is 31.9 Å². The number of hydrogen-bond acceptors (Lipinski definition) is 5. The molecule has 3 N–H and O–H groups in total. The van der Waals surface area contributed by atoms with Gasteiger partial charge in [0.2, 0.25) is 17.6 Å². The van der Waals surface area contributed by atoms with Crippen molar-refractivity contribution in [2.24, 2.45) is 5.73 Å². The molecule has 1 atom stereocenters. The minimum absolute atomic E-state index is 0.144. The standard InChI is InChI=1S/C17H14ClF4N3O3/c1-7(23)16(27)24-10-5-3-8(17(20,21)22)13(18)12(10)15(26)14-9(19)4-6-11(25-14)28-2/h3-7H,23H2,1-2H3,(H,24,27)/t7-/m0/s1. The Kier molecular flexibility index (Phi) is 6.25. The van der Waals surface area contributed by atoms with E-state index in [2.05, 4.69) is 10.3 Å². The van der Waals surface area contributed by atoms with E-state index >= 15 is 0 Å². The van der Waals surface area contributed by atoms with Crippen molar-refractivity contribution in [3.8, 4) is 5.88 Å². The van der Waals surface area contributed by atoms with Gasteiger partial charge < -0.3 is 15.8 Å². The average molecular weight is 420 g/mol. The molecule has 1 aromatic carbocycles. The molecule has 0 aliphatic carbocycles. The van der Waals surface area contributed by atoms with Crippen LogP contribution in [0.25, 0.3) is 0 Å². The highest BCUT2D eigenvalue weighted by molar-refractivity contribution is 6.37. The lowest BCUT2D eigenvalue weighted by atomic mass is 10.0. The zero-order chi connectivity index (χ0) is 21.2. The van der Waals surface area contributed by atoms with E-state index in [-0.39, 0.29) is 11.6 Å². The van der Waals surface area contributed by atoms with Crippen molar-refractivity contribution >= 4 is 29.0 Å². The molecule has 1 heterocycles. The summed E-state index contributed by atoms with van der Waals surface area (Å²) in [6.45, 7) is 1.33. The van der Waals surface area contributed by atoms with Gasteiger partial charge in [-0.1, -0.05) is 11.6 Å². The highest BCUT2D eigenvalue weighted by atomic mass is 35.5. The number of ketones is 1. The van der Waals surface area contributed by atoms with E-state index in [4.69, 9.17) is 22.1 Å². The summed E-state index contributed by atoms with van der Waals surface area (Å²) in [5.41, 5.74) is 2.13. The number of ether oxygens (including phenoxy) is 1. The maximum absolute atomic E-state index is 14.1. The quantitative estimate of drug-likeness (QED) is 0.572. The molecule has 0 bridgehead atoms. The fourth-order valence-electron chi connectivity index (χ4n) is 2.18. The number of pyridine rings is 1. The number of nitrogens with zero attached hydrogens (tertiary/aromatic N) is 1. The van der Waals surface area contributed by atoms with Crippen LogP contribution in [-0.4, -0.2) is 29.8 Å². The number of aromatic nitrogens is 1. The van der Waals surface area contributed by atoms with Crippen LogP contribution >= 0.6 is 11.6 Å². The van der Waals surface area contributed by atoms with Crippen LogP contribution in [0.5, 0.6) is 5.88 Å². The number of nitrogens with two attached hydrogens (primary N) is 1. The van der Waals surface area contributed by atoms with Gasteiger partial charge in [0.25, 0.3) is 0 Å². The second kappa shape index (κ2) is 8.11. The Labute approximate surface area is 161 Å². The monoisotopic (exact) mass is 419 g/mol. The van der Waals surface area contributed by atoms with Gasteiger partial charge in [-0.3, -0.25) is 9.59 Å². The first-order chi connectivity index (χ1) is 13.0. The Morgan fingerprint density at radius 1 is 1.25 bits per heavy atom. The predicted octanol–water partition coefficient (Wildman–Crippen LogP) is 3.42. The van der Waals surface area contributed by atoms with Gasteiger partial charge in [0.05, 0.1) is 35.0 Å². The SMILES string of the molecule is COc1ccc(F)c(C(=O)c2c(NC(=O)[C@H](C)N)ccc(C(F)(F)F)c2Cl)n1. The lowest BCUT2D eigenvalue weighted by molar-refractivity contribution is -0.137. The summed E-state index contributed by atoms with van der Waals surface area (Å²) in [6.07, 6.45) is -4.89. The molecule has 0 spiro atoms. The van der Waals surface area contributed by atoms with Crippen molar-refractivity contribution in [1.82, 2.24) is 4.98 Å². The lowest BCUT2D eigenvalue weighted by Gasteiger charge is -2.17. The van der Waals surface area contributed by atoms with Gasteiger partial charge in [0.1, 0.15) is 0 Å². The largest absolute Gasteiger partial charge is 0.481 e. The summed E-state index contributed by atoms with van der Waals surface area (Å²) in [7, 11) is 1.21. The third-order valence-corrected chi connectivity index (χ3v) is 3.98. The fourth-order valence-corrected chi connectivity index (χ4v) is 2.54. The fraction of sp³-hybridized carbons (Fsp3) is 0.235. The first kappa shape index (κ1) is 21.6. The van der Waals surface area contributed by atoms with E-state index in [9.17, 15) is 27.2 Å². The Bertz CT molecular complexity index is 933. The summed E-state index contributed by atoms with van der Waals surface area (Å²) in [5.74, 6) is -3.31. The van der Waals surface area contributed by atoms with Gasteiger partial charge in [0, 0.05) is 6.07 Å². The van der Waals surface area contributed by atoms with Crippen molar-refractivity contribution in [3.05, 3.63) is 51.9 Å². The third-order valence-electron chi connectivity index (χ3n) is 3.59. The first-order valence-corrected chi connectivity index (χ1v) is 8.06.